The highest BCUT2D eigenvalue weighted by atomic mass is 19.4. The number of alkyl halides is 3. The van der Waals surface area contributed by atoms with Crippen LogP contribution < -0.4 is 0 Å². The lowest BCUT2D eigenvalue weighted by Gasteiger charge is -2.14. The second-order valence-corrected chi connectivity index (χ2v) is 6.38. The van der Waals surface area contributed by atoms with E-state index in [4.69, 9.17) is 0 Å². The van der Waals surface area contributed by atoms with Crippen molar-refractivity contribution in [3.05, 3.63) is 35.7 Å². The second kappa shape index (κ2) is 6.03. The van der Waals surface area contributed by atoms with Gasteiger partial charge in [0.1, 0.15) is 17.2 Å². The van der Waals surface area contributed by atoms with Gasteiger partial charge in [-0.3, -0.25) is 9.48 Å². The van der Waals surface area contributed by atoms with Crippen molar-refractivity contribution in [3.8, 4) is 11.4 Å². The standard InChI is InChI=1S/C17H18F3N3O/c1-10(2)23-15(11-6-7-12(24)8-11)9-14(22-23)13-4-3-5-16(21-13)17(18,19)20/h3-5,9-11H,6-8H2,1-2H3. The zero-order valence-corrected chi connectivity index (χ0v) is 13.5. The van der Waals surface area contributed by atoms with Crippen LogP contribution >= 0.6 is 0 Å². The van der Waals surface area contributed by atoms with Crippen molar-refractivity contribution in [2.24, 2.45) is 0 Å². The maximum atomic E-state index is 12.9. The third-order valence-corrected chi connectivity index (χ3v) is 4.22. The summed E-state index contributed by atoms with van der Waals surface area (Å²) >= 11 is 0. The smallest absolute Gasteiger partial charge is 0.300 e. The number of pyridine rings is 1. The summed E-state index contributed by atoms with van der Waals surface area (Å²) < 4.78 is 40.4. The SMILES string of the molecule is CC(C)n1nc(-c2cccc(C(F)(F)F)n2)cc1C1CCC(=O)C1. The fourth-order valence-electron chi connectivity index (χ4n) is 3.05. The predicted molar refractivity (Wildman–Crippen MR) is 82.4 cm³/mol. The largest absolute Gasteiger partial charge is 0.433 e. The quantitative estimate of drug-likeness (QED) is 0.835. The first-order valence-corrected chi connectivity index (χ1v) is 7.91. The van der Waals surface area contributed by atoms with Crippen molar-refractivity contribution in [1.82, 2.24) is 14.8 Å². The molecule has 0 aliphatic heterocycles. The molecule has 7 heteroatoms. The molecule has 24 heavy (non-hydrogen) atoms. The Kier molecular flexibility index (Phi) is 4.19. The fraction of sp³-hybridized carbons (Fsp3) is 0.471. The van der Waals surface area contributed by atoms with Gasteiger partial charge in [0.25, 0.3) is 0 Å². The number of nitrogens with zero attached hydrogens (tertiary/aromatic N) is 3. The highest BCUT2D eigenvalue weighted by Gasteiger charge is 2.33. The molecule has 0 N–H and O–H groups in total. The van der Waals surface area contributed by atoms with E-state index in [1.165, 1.54) is 12.1 Å². The number of ketones is 1. The molecule has 2 aromatic heterocycles. The summed E-state index contributed by atoms with van der Waals surface area (Å²) in [6.07, 6.45) is -2.72. The Bertz CT molecular complexity index is 765. The van der Waals surface area contributed by atoms with Crippen LogP contribution in [-0.4, -0.2) is 20.5 Å². The van der Waals surface area contributed by atoms with Gasteiger partial charge in [-0.2, -0.15) is 18.3 Å². The molecule has 0 bridgehead atoms. The van der Waals surface area contributed by atoms with Gasteiger partial charge in [-0.15, -0.1) is 0 Å². The molecule has 0 saturated heterocycles. The van der Waals surface area contributed by atoms with Crippen LogP contribution in [0.2, 0.25) is 0 Å². The van der Waals surface area contributed by atoms with Crippen LogP contribution in [0.4, 0.5) is 13.2 Å². The number of aromatic nitrogens is 3. The zero-order chi connectivity index (χ0) is 17.5. The Morgan fingerprint density at radius 2 is 2.00 bits per heavy atom. The minimum atomic E-state index is -4.49. The van der Waals surface area contributed by atoms with Gasteiger partial charge in [-0.1, -0.05) is 6.07 Å². The third-order valence-electron chi connectivity index (χ3n) is 4.22. The van der Waals surface area contributed by atoms with Crippen LogP contribution in [0.1, 0.15) is 56.5 Å². The van der Waals surface area contributed by atoms with Gasteiger partial charge in [0.15, 0.2) is 0 Å². The molecule has 2 heterocycles. The number of rotatable bonds is 3. The monoisotopic (exact) mass is 337 g/mol. The minimum absolute atomic E-state index is 0.0512. The number of carbonyl (C=O) groups excluding carboxylic acids is 1. The number of hydrogen-bond acceptors (Lipinski definition) is 3. The van der Waals surface area contributed by atoms with Crippen LogP contribution in [0, 0.1) is 0 Å². The minimum Gasteiger partial charge on any atom is -0.300 e. The third kappa shape index (κ3) is 3.20. The van der Waals surface area contributed by atoms with E-state index in [9.17, 15) is 18.0 Å². The molecule has 0 amide bonds. The Hall–Kier alpha value is -2.18. The first-order chi connectivity index (χ1) is 11.3. The lowest BCUT2D eigenvalue weighted by molar-refractivity contribution is -0.141. The van der Waals surface area contributed by atoms with Crippen molar-refractivity contribution in [2.45, 2.75) is 51.2 Å². The maximum Gasteiger partial charge on any atom is 0.433 e. The summed E-state index contributed by atoms with van der Waals surface area (Å²) in [5.41, 5.74) is 0.556. The Morgan fingerprint density at radius 1 is 1.25 bits per heavy atom. The number of hydrogen-bond donors (Lipinski definition) is 0. The van der Waals surface area contributed by atoms with Gasteiger partial charge in [0, 0.05) is 30.5 Å². The molecule has 0 radical (unpaired) electrons. The van der Waals surface area contributed by atoms with E-state index in [-0.39, 0.29) is 23.4 Å². The average molecular weight is 337 g/mol. The van der Waals surface area contributed by atoms with Crippen molar-refractivity contribution >= 4 is 5.78 Å². The lowest BCUT2D eigenvalue weighted by Crippen LogP contribution is -2.10. The topological polar surface area (TPSA) is 47.8 Å². The van der Waals surface area contributed by atoms with Gasteiger partial charge in [-0.25, -0.2) is 4.98 Å². The van der Waals surface area contributed by atoms with Gasteiger partial charge >= 0.3 is 6.18 Å². The van der Waals surface area contributed by atoms with E-state index in [1.807, 2.05) is 13.8 Å². The molecule has 3 rings (SSSR count). The summed E-state index contributed by atoms with van der Waals surface area (Å²) in [4.78, 5) is 15.3. The zero-order valence-electron chi connectivity index (χ0n) is 13.5. The van der Waals surface area contributed by atoms with E-state index in [2.05, 4.69) is 10.1 Å². The van der Waals surface area contributed by atoms with Crippen molar-refractivity contribution in [3.63, 3.8) is 0 Å². The van der Waals surface area contributed by atoms with Crippen LogP contribution in [0.25, 0.3) is 11.4 Å². The molecular formula is C17H18F3N3O. The molecule has 2 aromatic rings. The van der Waals surface area contributed by atoms with Gasteiger partial charge in [0.05, 0.1) is 5.69 Å². The molecule has 1 saturated carbocycles. The molecule has 1 fully saturated rings. The van der Waals surface area contributed by atoms with Crippen molar-refractivity contribution < 1.29 is 18.0 Å². The van der Waals surface area contributed by atoms with Gasteiger partial charge in [0.2, 0.25) is 0 Å². The summed E-state index contributed by atoms with van der Waals surface area (Å²) in [7, 11) is 0. The van der Waals surface area contributed by atoms with E-state index in [1.54, 1.807) is 10.7 Å². The Morgan fingerprint density at radius 3 is 2.58 bits per heavy atom. The second-order valence-electron chi connectivity index (χ2n) is 6.38. The molecule has 0 spiro atoms. The van der Waals surface area contributed by atoms with Crippen LogP contribution in [0.15, 0.2) is 24.3 Å². The molecule has 1 atom stereocenters. The highest BCUT2D eigenvalue weighted by Crippen LogP contribution is 2.35. The fourth-order valence-corrected chi connectivity index (χ4v) is 3.05. The van der Waals surface area contributed by atoms with Crippen LogP contribution in [0.3, 0.4) is 0 Å². The average Bonchev–Trinajstić information content (AvgIpc) is 3.12. The van der Waals surface area contributed by atoms with Crippen LogP contribution in [0.5, 0.6) is 0 Å². The van der Waals surface area contributed by atoms with Crippen molar-refractivity contribution in [1.29, 1.82) is 0 Å². The molecule has 1 unspecified atom stereocenters. The number of Topliss-reactive ketones (excluding diaryl/α,β-unsaturated/α-hetero) is 1. The maximum absolute atomic E-state index is 12.9. The summed E-state index contributed by atoms with van der Waals surface area (Å²) in [5, 5.41) is 4.45. The molecular weight excluding hydrogens is 319 g/mol. The molecule has 4 nitrogen and oxygen atoms in total. The molecule has 128 valence electrons. The lowest BCUT2D eigenvalue weighted by atomic mass is 10.0. The Labute approximate surface area is 137 Å². The van der Waals surface area contributed by atoms with E-state index < -0.39 is 11.9 Å². The summed E-state index contributed by atoms with van der Waals surface area (Å²) in [6.45, 7) is 3.91. The van der Waals surface area contributed by atoms with Crippen LogP contribution in [-0.2, 0) is 11.0 Å². The van der Waals surface area contributed by atoms with E-state index in [0.29, 0.717) is 18.5 Å². The normalized spacial score (nSPS) is 18.6. The first kappa shape index (κ1) is 16.7. The molecule has 1 aliphatic rings. The van der Waals surface area contributed by atoms with E-state index >= 15 is 0 Å². The van der Waals surface area contributed by atoms with Gasteiger partial charge < -0.3 is 0 Å². The Balaban J connectivity index is 2.02. The number of carbonyl (C=O) groups is 1. The predicted octanol–water partition coefficient (Wildman–Crippen LogP) is 4.38. The summed E-state index contributed by atoms with van der Waals surface area (Å²) in [5.74, 6) is 0.294. The number of halogens is 3. The molecule has 0 aromatic carbocycles. The first-order valence-electron chi connectivity index (χ1n) is 7.91. The van der Waals surface area contributed by atoms with Gasteiger partial charge in [-0.05, 0) is 38.5 Å². The summed E-state index contributed by atoms with van der Waals surface area (Å²) in [6, 6.07) is 5.62. The highest BCUT2D eigenvalue weighted by molar-refractivity contribution is 5.81. The molecule has 1 aliphatic carbocycles. The van der Waals surface area contributed by atoms with Crippen molar-refractivity contribution in [2.75, 3.05) is 0 Å². The van der Waals surface area contributed by atoms with E-state index in [0.717, 1.165) is 18.2 Å².